The third kappa shape index (κ3) is 3.71. The van der Waals surface area contributed by atoms with E-state index < -0.39 is 23.5 Å². The lowest BCUT2D eigenvalue weighted by molar-refractivity contribution is 0.0812. The molecule has 1 atom stereocenters. The molecule has 2 nitrogen and oxygen atoms in total. The molecule has 0 radical (unpaired) electrons. The van der Waals surface area contributed by atoms with Crippen LogP contribution in [0.2, 0.25) is 10.0 Å². The van der Waals surface area contributed by atoms with Crippen molar-refractivity contribution in [3.63, 3.8) is 0 Å². The Morgan fingerprint density at radius 2 is 1.86 bits per heavy atom. The summed E-state index contributed by atoms with van der Waals surface area (Å²) >= 11 is 11.7. The number of benzene rings is 2. The first-order valence-electron chi connectivity index (χ1n) is 5.99. The molecule has 110 valence electrons. The van der Waals surface area contributed by atoms with E-state index in [0.29, 0.717) is 11.1 Å². The van der Waals surface area contributed by atoms with Gasteiger partial charge in [-0.25, -0.2) is 8.78 Å². The lowest BCUT2D eigenvalue weighted by Crippen LogP contribution is -2.24. The van der Waals surface area contributed by atoms with Gasteiger partial charge in [-0.05, 0) is 37.3 Å². The Balaban J connectivity index is 2.19. The molecule has 2 rings (SSSR count). The zero-order valence-corrected chi connectivity index (χ0v) is 12.4. The van der Waals surface area contributed by atoms with Crippen LogP contribution in [-0.2, 0) is 0 Å². The second kappa shape index (κ2) is 6.41. The van der Waals surface area contributed by atoms with E-state index in [-0.39, 0.29) is 16.3 Å². The predicted octanol–water partition coefficient (Wildman–Crippen LogP) is 4.92. The first-order chi connectivity index (χ1) is 9.88. The largest absolute Gasteiger partial charge is 0.479 e. The van der Waals surface area contributed by atoms with Gasteiger partial charge >= 0.3 is 0 Å². The van der Waals surface area contributed by atoms with Gasteiger partial charge in [-0.2, -0.15) is 0 Å². The van der Waals surface area contributed by atoms with Gasteiger partial charge in [0, 0.05) is 16.7 Å². The Labute approximate surface area is 130 Å². The van der Waals surface area contributed by atoms with Crippen molar-refractivity contribution in [3.05, 3.63) is 63.6 Å². The number of ether oxygens (including phenoxy) is 1. The number of halogens is 4. The summed E-state index contributed by atoms with van der Waals surface area (Å²) in [5.74, 6) is -2.24. The first kappa shape index (κ1) is 15.7. The number of rotatable bonds is 4. The van der Waals surface area contributed by atoms with Gasteiger partial charge < -0.3 is 4.74 Å². The van der Waals surface area contributed by atoms with Crippen LogP contribution in [0.25, 0.3) is 0 Å². The van der Waals surface area contributed by atoms with Crippen LogP contribution in [0.4, 0.5) is 8.78 Å². The molecule has 0 N–H and O–H groups in total. The normalized spacial score (nSPS) is 12.0. The van der Waals surface area contributed by atoms with Crippen molar-refractivity contribution in [2.45, 2.75) is 13.0 Å². The van der Waals surface area contributed by atoms with Crippen molar-refractivity contribution in [1.82, 2.24) is 0 Å². The average molecular weight is 331 g/mol. The summed E-state index contributed by atoms with van der Waals surface area (Å²) in [5.41, 5.74) is 0.219. The molecule has 0 bridgehead atoms. The van der Waals surface area contributed by atoms with E-state index in [4.69, 9.17) is 27.9 Å². The van der Waals surface area contributed by atoms with E-state index >= 15 is 0 Å². The molecule has 0 aliphatic rings. The summed E-state index contributed by atoms with van der Waals surface area (Å²) in [5, 5.41) is 0.581. The fourth-order valence-corrected chi connectivity index (χ4v) is 2.22. The first-order valence-corrected chi connectivity index (χ1v) is 6.75. The molecular weight excluding hydrogens is 321 g/mol. The minimum absolute atomic E-state index is 0.183. The number of carbonyl (C=O) groups is 1. The molecule has 21 heavy (non-hydrogen) atoms. The minimum atomic E-state index is -0.983. The number of ketones is 1. The highest BCUT2D eigenvalue weighted by atomic mass is 35.5. The van der Waals surface area contributed by atoms with Crippen LogP contribution in [0.15, 0.2) is 36.4 Å². The SMILES string of the molecule is CC(Oc1ccc(F)cc1F)C(=O)c1ccc(Cl)cc1Cl. The molecule has 1 unspecified atom stereocenters. The van der Waals surface area contributed by atoms with Crippen LogP contribution in [0.1, 0.15) is 17.3 Å². The highest BCUT2D eigenvalue weighted by Crippen LogP contribution is 2.24. The van der Waals surface area contributed by atoms with Crippen LogP contribution in [0.5, 0.6) is 5.75 Å². The molecule has 6 heteroatoms. The molecule has 0 spiro atoms. The van der Waals surface area contributed by atoms with E-state index in [1.807, 2.05) is 0 Å². The smallest absolute Gasteiger partial charge is 0.204 e. The van der Waals surface area contributed by atoms with Crippen LogP contribution in [-0.4, -0.2) is 11.9 Å². The van der Waals surface area contributed by atoms with Crippen molar-refractivity contribution in [1.29, 1.82) is 0 Å². The molecule has 0 aliphatic heterocycles. The molecule has 0 aromatic heterocycles. The van der Waals surface area contributed by atoms with Gasteiger partial charge in [0.05, 0.1) is 5.02 Å². The van der Waals surface area contributed by atoms with Gasteiger partial charge in [0.25, 0.3) is 0 Å². The van der Waals surface area contributed by atoms with Gasteiger partial charge in [0.15, 0.2) is 17.7 Å². The summed E-state index contributed by atoms with van der Waals surface area (Å²) in [6, 6.07) is 7.27. The quantitative estimate of drug-likeness (QED) is 0.743. The molecule has 0 heterocycles. The van der Waals surface area contributed by atoms with Gasteiger partial charge in [-0.15, -0.1) is 0 Å². The van der Waals surface area contributed by atoms with E-state index in [9.17, 15) is 13.6 Å². The Kier molecular flexibility index (Phi) is 4.80. The van der Waals surface area contributed by atoms with Gasteiger partial charge in [-0.1, -0.05) is 23.2 Å². The zero-order valence-electron chi connectivity index (χ0n) is 10.9. The number of Topliss-reactive ketones (excluding diaryl/α,β-unsaturated/α-hetero) is 1. The van der Waals surface area contributed by atoms with Gasteiger partial charge in [0.1, 0.15) is 5.82 Å². The maximum Gasteiger partial charge on any atom is 0.204 e. The van der Waals surface area contributed by atoms with Crippen molar-refractivity contribution in [3.8, 4) is 5.75 Å². The van der Waals surface area contributed by atoms with Crippen LogP contribution < -0.4 is 4.74 Å². The van der Waals surface area contributed by atoms with Crippen LogP contribution >= 0.6 is 23.2 Å². The van der Waals surface area contributed by atoms with Crippen LogP contribution in [0, 0.1) is 11.6 Å². The third-order valence-corrected chi connectivity index (χ3v) is 3.31. The summed E-state index contributed by atoms with van der Waals surface area (Å²) < 4.78 is 31.5. The summed E-state index contributed by atoms with van der Waals surface area (Å²) in [6.45, 7) is 1.45. The Hall–Kier alpha value is -1.65. The Bertz CT molecular complexity index is 689. The van der Waals surface area contributed by atoms with Crippen molar-refractivity contribution >= 4 is 29.0 Å². The van der Waals surface area contributed by atoms with E-state index in [1.54, 1.807) is 0 Å². The van der Waals surface area contributed by atoms with Gasteiger partial charge in [0.2, 0.25) is 5.78 Å². The summed E-state index contributed by atoms with van der Waals surface area (Å²) in [4.78, 5) is 12.2. The second-order valence-corrected chi connectivity index (χ2v) is 5.17. The number of hydrogen-bond donors (Lipinski definition) is 0. The number of carbonyl (C=O) groups excluding carboxylic acids is 1. The molecular formula is C15H10Cl2F2O2. The highest BCUT2D eigenvalue weighted by Gasteiger charge is 2.21. The van der Waals surface area contributed by atoms with Crippen molar-refractivity contribution in [2.75, 3.05) is 0 Å². The monoisotopic (exact) mass is 330 g/mol. The lowest BCUT2D eigenvalue weighted by Gasteiger charge is -2.15. The minimum Gasteiger partial charge on any atom is -0.479 e. The molecule has 0 aliphatic carbocycles. The fraction of sp³-hybridized carbons (Fsp3) is 0.133. The van der Waals surface area contributed by atoms with E-state index in [2.05, 4.69) is 0 Å². The van der Waals surface area contributed by atoms with Crippen molar-refractivity contribution < 1.29 is 18.3 Å². The molecule has 0 saturated carbocycles. The Morgan fingerprint density at radius 3 is 2.48 bits per heavy atom. The molecule has 0 fully saturated rings. The predicted molar refractivity (Wildman–Crippen MR) is 77.2 cm³/mol. The van der Waals surface area contributed by atoms with Crippen molar-refractivity contribution in [2.24, 2.45) is 0 Å². The average Bonchev–Trinajstić information content (AvgIpc) is 2.41. The fourth-order valence-electron chi connectivity index (χ4n) is 1.72. The topological polar surface area (TPSA) is 26.3 Å². The lowest BCUT2D eigenvalue weighted by atomic mass is 10.1. The standard InChI is InChI=1S/C15H10Cl2F2O2/c1-8(21-14-5-3-10(18)7-13(14)19)15(20)11-4-2-9(16)6-12(11)17/h2-8H,1H3. The third-order valence-electron chi connectivity index (χ3n) is 2.76. The van der Waals surface area contributed by atoms with Crippen LogP contribution in [0.3, 0.4) is 0 Å². The summed E-state index contributed by atoms with van der Waals surface area (Å²) in [7, 11) is 0. The molecule has 0 saturated heterocycles. The second-order valence-electron chi connectivity index (χ2n) is 4.32. The zero-order chi connectivity index (χ0) is 15.6. The maximum absolute atomic E-state index is 13.5. The summed E-state index contributed by atoms with van der Waals surface area (Å²) in [6.07, 6.45) is -0.983. The highest BCUT2D eigenvalue weighted by molar-refractivity contribution is 6.37. The molecule has 2 aromatic carbocycles. The van der Waals surface area contributed by atoms with E-state index in [0.717, 1.165) is 12.1 Å². The Morgan fingerprint density at radius 1 is 1.14 bits per heavy atom. The molecule has 2 aromatic rings. The van der Waals surface area contributed by atoms with E-state index in [1.165, 1.54) is 25.1 Å². The van der Waals surface area contributed by atoms with Gasteiger partial charge in [-0.3, -0.25) is 4.79 Å². The number of hydrogen-bond acceptors (Lipinski definition) is 2. The maximum atomic E-state index is 13.5. The molecule has 0 amide bonds.